The van der Waals surface area contributed by atoms with Crippen LogP contribution in [-0.2, 0) is 24.8 Å². The topological polar surface area (TPSA) is 75.4 Å². The van der Waals surface area contributed by atoms with Gasteiger partial charge in [0, 0.05) is 18.9 Å². The Bertz CT molecular complexity index is 705. The third-order valence-corrected chi connectivity index (χ3v) is 3.35. The Hall–Kier alpha value is -2.63. The molecular formula is C14H13N3O3. The van der Waals surface area contributed by atoms with E-state index in [1.54, 1.807) is 21.7 Å². The average Bonchev–Trinajstić information content (AvgIpc) is 2.94. The molecule has 0 saturated heterocycles. The summed E-state index contributed by atoms with van der Waals surface area (Å²) in [7, 11) is 1.81. The van der Waals surface area contributed by atoms with Crippen molar-refractivity contribution in [3.8, 4) is 0 Å². The van der Waals surface area contributed by atoms with Gasteiger partial charge in [0.25, 0.3) is 0 Å². The summed E-state index contributed by atoms with van der Waals surface area (Å²) in [6.45, 7) is 0.357. The molecule has 3 rings (SSSR count). The zero-order valence-electron chi connectivity index (χ0n) is 10.9. The number of carbonyl (C=O) groups excluding carboxylic acids is 1. The number of hydrogen-bond acceptors (Lipinski definition) is 3. The Balaban J connectivity index is 1.95. The second-order valence-electron chi connectivity index (χ2n) is 4.79. The molecule has 0 unspecified atom stereocenters. The van der Waals surface area contributed by atoms with Crippen LogP contribution in [0.15, 0.2) is 30.5 Å². The molecule has 0 aliphatic carbocycles. The van der Waals surface area contributed by atoms with Gasteiger partial charge in [0.2, 0.25) is 5.91 Å². The molecule has 0 saturated carbocycles. The molecule has 1 amide bonds. The third kappa shape index (κ3) is 2.05. The standard InChI is InChI=1S/C14H13N3O3/c1-16-5-4-11(15-16)8-17-12-6-10(14(19)20)3-2-9(12)7-13(17)18/h2-6H,7-8H2,1H3,(H,19,20). The molecule has 0 fully saturated rings. The molecule has 102 valence electrons. The number of carboxylic acid groups (broad SMARTS) is 1. The van der Waals surface area contributed by atoms with Crippen molar-refractivity contribution in [3.63, 3.8) is 0 Å². The number of aromatic carboxylic acids is 1. The number of aromatic nitrogens is 2. The van der Waals surface area contributed by atoms with Gasteiger partial charge in [-0.1, -0.05) is 6.07 Å². The minimum Gasteiger partial charge on any atom is -0.478 e. The summed E-state index contributed by atoms with van der Waals surface area (Å²) >= 11 is 0. The lowest BCUT2D eigenvalue weighted by Gasteiger charge is -2.16. The number of benzene rings is 1. The SMILES string of the molecule is Cn1ccc(CN2C(=O)Cc3ccc(C(=O)O)cc32)n1. The van der Waals surface area contributed by atoms with Crippen LogP contribution >= 0.6 is 0 Å². The Kier molecular flexibility index (Phi) is 2.78. The molecule has 2 aromatic rings. The van der Waals surface area contributed by atoms with Crippen molar-refractivity contribution < 1.29 is 14.7 Å². The molecule has 6 heteroatoms. The Morgan fingerprint density at radius 1 is 1.40 bits per heavy atom. The first-order valence-electron chi connectivity index (χ1n) is 6.20. The first-order chi connectivity index (χ1) is 9.54. The van der Waals surface area contributed by atoms with E-state index in [2.05, 4.69) is 5.10 Å². The molecule has 1 aromatic heterocycles. The molecule has 1 aromatic carbocycles. The molecule has 0 bridgehead atoms. The monoisotopic (exact) mass is 271 g/mol. The van der Waals surface area contributed by atoms with Crippen LogP contribution in [0.1, 0.15) is 21.6 Å². The average molecular weight is 271 g/mol. The predicted molar refractivity (Wildman–Crippen MR) is 71.5 cm³/mol. The third-order valence-electron chi connectivity index (χ3n) is 3.35. The summed E-state index contributed by atoms with van der Waals surface area (Å²) in [6.07, 6.45) is 2.12. The number of carboxylic acids is 1. The van der Waals surface area contributed by atoms with Gasteiger partial charge in [-0.05, 0) is 23.8 Å². The number of rotatable bonds is 3. The molecular weight excluding hydrogens is 258 g/mol. The predicted octanol–water partition coefficient (Wildman–Crippen LogP) is 1.21. The van der Waals surface area contributed by atoms with Gasteiger partial charge in [0.15, 0.2) is 0 Å². The maximum atomic E-state index is 12.1. The van der Waals surface area contributed by atoms with Crippen molar-refractivity contribution in [1.82, 2.24) is 9.78 Å². The van der Waals surface area contributed by atoms with Crippen LogP contribution in [0.3, 0.4) is 0 Å². The lowest BCUT2D eigenvalue weighted by Crippen LogP contribution is -2.26. The van der Waals surface area contributed by atoms with Crippen LogP contribution in [0.4, 0.5) is 5.69 Å². The molecule has 2 heterocycles. The number of nitrogens with zero attached hydrogens (tertiary/aromatic N) is 3. The van der Waals surface area contributed by atoms with E-state index in [1.165, 1.54) is 6.07 Å². The maximum Gasteiger partial charge on any atom is 0.335 e. The fraction of sp³-hybridized carbons (Fsp3) is 0.214. The van der Waals surface area contributed by atoms with Gasteiger partial charge in [-0.25, -0.2) is 4.79 Å². The van der Waals surface area contributed by atoms with Crippen LogP contribution in [0.5, 0.6) is 0 Å². The highest BCUT2D eigenvalue weighted by molar-refractivity contribution is 6.02. The summed E-state index contributed by atoms with van der Waals surface area (Å²) in [5, 5.41) is 13.3. The Morgan fingerprint density at radius 3 is 2.85 bits per heavy atom. The van der Waals surface area contributed by atoms with Crippen molar-refractivity contribution in [2.24, 2.45) is 7.05 Å². The van der Waals surface area contributed by atoms with Gasteiger partial charge in [0.05, 0.1) is 24.2 Å². The number of aryl methyl sites for hydroxylation is 1. The number of anilines is 1. The highest BCUT2D eigenvalue weighted by Crippen LogP contribution is 2.31. The summed E-state index contributed by atoms with van der Waals surface area (Å²) in [6, 6.07) is 6.62. The summed E-state index contributed by atoms with van der Waals surface area (Å²) < 4.78 is 1.67. The second-order valence-corrected chi connectivity index (χ2v) is 4.79. The lowest BCUT2D eigenvalue weighted by molar-refractivity contribution is -0.117. The fourth-order valence-electron chi connectivity index (χ4n) is 2.37. The molecule has 1 aliphatic rings. The number of fused-ring (bicyclic) bond motifs is 1. The first-order valence-corrected chi connectivity index (χ1v) is 6.20. The Morgan fingerprint density at radius 2 is 2.20 bits per heavy atom. The van der Waals surface area contributed by atoms with Gasteiger partial charge in [-0.2, -0.15) is 5.10 Å². The van der Waals surface area contributed by atoms with E-state index < -0.39 is 5.97 Å². The zero-order chi connectivity index (χ0) is 14.3. The van der Waals surface area contributed by atoms with Gasteiger partial charge in [-0.15, -0.1) is 0 Å². The fourth-order valence-corrected chi connectivity index (χ4v) is 2.37. The Labute approximate surface area is 115 Å². The first kappa shape index (κ1) is 12.4. The van der Waals surface area contributed by atoms with Crippen molar-refractivity contribution >= 4 is 17.6 Å². The molecule has 6 nitrogen and oxygen atoms in total. The van der Waals surface area contributed by atoms with E-state index >= 15 is 0 Å². The number of carbonyl (C=O) groups is 2. The highest BCUT2D eigenvalue weighted by Gasteiger charge is 2.28. The van der Waals surface area contributed by atoms with E-state index in [9.17, 15) is 9.59 Å². The van der Waals surface area contributed by atoms with Crippen molar-refractivity contribution in [1.29, 1.82) is 0 Å². The maximum absolute atomic E-state index is 12.1. The lowest BCUT2D eigenvalue weighted by atomic mass is 10.1. The van der Waals surface area contributed by atoms with Gasteiger partial charge in [0.1, 0.15) is 0 Å². The highest BCUT2D eigenvalue weighted by atomic mass is 16.4. The minimum atomic E-state index is -0.995. The van der Waals surface area contributed by atoms with E-state index in [1.807, 2.05) is 19.3 Å². The quantitative estimate of drug-likeness (QED) is 0.910. The normalized spacial score (nSPS) is 13.7. The molecule has 20 heavy (non-hydrogen) atoms. The molecule has 0 radical (unpaired) electrons. The minimum absolute atomic E-state index is 0.0341. The van der Waals surface area contributed by atoms with E-state index in [4.69, 9.17) is 5.11 Å². The van der Waals surface area contributed by atoms with Gasteiger partial charge in [-0.3, -0.25) is 9.48 Å². The zero-order valence-corrected chi connectivity index (χ0v) is 10.9. The number of amides is 1. The van der Waals surface area contributed by atoms with Gasteiger partial charge >= 0.3 is 5.97 Å². The number of hydrogen-bond donors (Lipinski definition) is 1. The van der Waals surface area contributed by atoms with Crippen LogP contribution < -0.4 is 4.90 Å². The largest absolute Gasteiger partial charge is 0.478 e. The molecule has 0 atom stereocenters. The second kappa shape index (κ2) is 4.48. The molecule has 0 spiro atoms. The summed E-state index contributed by atoms with van der Waals surface area (Å²) in [5.41, 5.74) is 2.48. The van der Waals surface area contributed by atoms with Crippen molar-refractivity contribution in [3.05, 3.63) is 47.3 Å². The van der Waals surface area contributed by atoms with Crippen LogP contribution in [-0.4, -0.2) is 26.8 Å². The van der Waals surface area contributed by atoms with E-state index in [0.717, 1.165) is 11.3 Å². The van der Waals surface area contributed by atoms with Crippen molar-refractivity contribution in [2.45, 2.75) is 13.0 Å². The smallest absolute Gasteiger partial charge is 0.335 e. The molecule has 1 aliphatic heterocycles. The van der Waals surface area contributed by atoms with Crippen LogP contribution in [0, 0.1) is 0 Å². The van der Waals surface area contributed by atoms with Gasteiger partial charge < -0.3 is 10.0 Å². The summed E-state index contributed by atoms with van der Waals surface area (Å²) in [5.74, 6) is -1.03. The van der Waals surface area contributed by atoms with Crippen molar-refractivity contribution in [2.75, 3.05) is 4.90 Å². The van der Waals surface area contributed by atoms with Crippen LogP contribution in [0.2, 0.25) is 0 Å². The summed E-state index contributed by atoms with van der Waals surface area (Å²) in [4.78, 5) is 24.7. The van der Waals surface area contributed by atoms with E-state index in [-0.39, 0.29) is 11.5 Å². The van der Waals surface area contributed by atoms with E-state index in [0.29, 0.717) is 18.7 Å². The van der Waals surface area contributed by atoms with Crippen LogP contribution in [0.25, 0.3) is 0 Å². The molecule has 1 N–H and O–H groups in total.